The number of nitrogens with zero attached hydrogens (tertiary/aromatic N) is 1. The van der Waals surface area contributed by atoms with Crippen molar-refractivity contribution >= 4 is 44.2 Å². The van der Waals surface area contributed by atoms with Gasteiger partial charge in [0.05, 0.1) is 10.6 Å². The van der Waals surface area contributed by atoms with E-state index in [1.807, 2.05) is 36.4 Å². The van der Waals surface area contributed by atoms with Crippen molar-refractivity contribution < 1.29 is 13.2 Å². The van der Waals surface area contributed by atoms with Crippen molar-refractivity contribution in [1.29, 1.82) is 0 Å². The summed E-state index contributed by atoms with van der Waals surface area (Å²) in [5.41, 5.74) is 1.81. The number of benzene rings is 3. The second-order valence-electron chi connectivity index (χ2n) is 6.53. The Morgan fingerprint density at radius 1 is 0.964 bits per heavy atom. The molecule has 1 heterocycles. The maximum Gasteiger partial charge on any atom is 0.265 e. The SMILES string of the molecule is O=C(CN1c2cccc3cccc(c23)S1(=O)=O)NCCSCc1ccccc1. The van der Waals surface area contributed by atoms with Gasteiger partial charge in [-0.1, -0.05) is 54.6 Å². The van der Waals surface area contributed by atoms with Gasteiger partial charge in [-0.25, -0.2) is 8.42 Å². The highest BCUT2D eigenvalue weighted by atomic mass is 32.2. The number of hydrogen-bond donors (Lipinski definition) is 1. The Balaban J connectivity index is 1.36. The van der Waals surface area contributed by atoms with Gasteiger partial charge in [0, 0.05) is 23.4 Å². The highest BCUT2D eigenvalue weighted by Crippen LogP contribution is 2.41. The van der Waals surface area contributed by atoms with Crippen LogP contribution in [0.4, 0.5) is 5.69 Å². The average Bonchev–Trinajstić information content (AvgIpc) is 2.92. The Kier molecular flexibility index (Phi) is 5.28. The summed E-state index contributed by atoms with van der Waals surface area (Å²) in [7, 11) is -3.70. The van der Waals surface area contributed by atoms with E-state index in [-0.39, 0.29) is 17.3 Å². The molecule has 7 heteroatoms. The number of hydrogen-bond acceptors (Lipinski definition) is 4. The first-order chi connectivity index (χ1) is 13.6. The van der Waals surface area contributed by atoms with E-state index in [1.165, 1.54) is 9.87 Å². The standard InChI is InChI=1S/C21H20N2O3S2/c24-20(22-12-13-27-15-16-6-2-1-3-7-16)14-23-18-10-4-8-17-9-5-11-19(21(17)18)28(23,25)26/h1-11H,12-15H2,(H,22,24). The summed E-state index contributed by atoms with van der Waals surface area (Å²) in [6.07, 6.45) is 0. The average molecular weight is 413 g/mol. The molecule has 5 nitrogen and oxygen atoms in total. The highest BCUT2D eigenvalue weighted by molar-refractivity contribution is 7.98. The fraction of sp³-hybridized carbons (Fsp3) is 0.190. The monoisotopic (exact) mass is 412 g/mol. The van der Waals surface area contributed by atoms with Crippen molar-refractivity contribution in [3.63, 3.8) is 0 Å². The molecule has 1 aliphatic rings. The van der Waals surface area contributed by atoms with Gasteiger partial charge in [0.1, 0.15) is 6.54 Å². The Morgan fingerprint density at radius 3 is 2.50 bits per heavy atom. The Labute approximate surface area is 168 Å². The first-order valence-electron chi connectivity index (χ1n) is 9.00. The molecule has 0 aliphatic carbocycles. The molecule has 0 unspecified atom stereocenters. The minimum atomic E-state index is -3.70. The number of thioether (sulfide) groups is 1. The van der Waals surface area contributed by atoms with Gasteiger partial charge in [0.15, 0.2) is 0 Å². The molecule has 0 radical (unpaired) electrons. The van der Waals surface area contributed by atoms with Crippen molar-refractivity contribution in [3.8, 4) is 0 Å². The lowest BCUT2D eigenvalue weighted by atomic mass is 10.1. The van der Waals surface area contributed by atoms with Gasteiger partial charge in [-0.05, 0) is 23.1 Å². The lowest BCUT2D eigenvalue weighted by molar-refractivity contribution is -0.119. The number of sulfonamides is 1. The second kappa shape index (κ2) is 7.85. The van der Waals surface area contributed by atoms with E-state index in [0.29, 0.717) is 17.6 Å². The fourth-order valence-corrected chi connectivity index (χ4v) is 5.83. The molecule has 3 aromatic rings. The maximum atomic E-state index is 12.9. The first kappa shape index (κ1) is 18.8. The number of carbonyl (C=O) groups is 1. The second-order valence-corrected chi connectivity index (χ2v) is 9.47. The van der Waals surface area contributed by atoms with Crippen LogP contribution in [0.3, 0.4) is 0 Å². The van der Waals surface area contributed by atoms with Gasteiger partial charge in [0.2, 0.25) is 5.91 Å². The summed E-state index contributed by atoms with van der Waals surface area (Å²) in [4.78, 5) is 12.6. The highest BCUT2D eigenvalue weighted by Gasteiger charge is 2.36. The molecule has 0 bridgehead atoms. The molecule has 1 aliphatic heterocycles. The fourth-order valence-electron chi connectivity index (χ4n) is 3.34. The van der Waals surface area contributed by atoms with Crippen LogP contribution in [0.15, 0.2) is 71.6 Å². The number of rotatable bonds is 7. The van der Waals surface area contributed by atoms with Crippen LogP contribution in [0, 0.1) is 0 Å². The molecule has 0 aromatic heterocycles. The number of carbonyl (C=O) groups excluding carboxylic acids is 1. The Hall–Kier alpha value is -2.51. The summed E-state index contributed by atoms with van der Waals surface area (Å²) in [6, 6.07) is 20.8. The van der Waals surface area contributed by atoms with Gasteiger partial charge in [-0.3, -0.25) is 9.10 Å². The van der Waals surface area contributed by atoms with Crippen molar-refractivity contribution in [2.75, 3.05) is 23.1 Å². The molecule has 0 fully saturated rings. The van der Waals surface area contributed by atoms with E-state index in [4.69, 9.17) is 0 Å². The molecule has 0 spiro atoms. The molecule has 144 valence electrons. The first-order valence-corrected chi connectivity index (χ1v) is 11.6. The van der Waals surface area contributed by atoms with Gasteiger partial charge in [0.25, 0.3) is 10.0 Å². The van der Waals surface area contributed by atoms with E-state index in [2.05, 4.69) is 17.4 Å². The zero-order valence-corrected chi connectivity index (χ0v) is 16.8. The minimum absolute atomic E-state index is 0.209. The molecular weight excluding hydrogens is 392 g/mol. The molecule has 28 heavy (non-hydrogen) atoms. The molecule has 1 amide bonds. The van der Waals surface area contributed by atoms with E-state index >= 15 is 0 Å². The third kappa shape index (κ3) is 3.59. The molecule has 0 atom stereocenters. The molecule has 3 aromatic carbocycles. The molecule has 0 saturated heterocycles. The zero-order chi connectivity index (χ0) is 19.6. The third-order valence-corrected chi connectivity index (χ3v) is 7.48. The number of amides is 1. The molecule has 0 saturated carbocycles. The molecule has 1 N–H and O–H groups in total. The summed E-state index contributed by atoms with van der Waals surface area (Å²) in [5.74, 6) is 1.35. The van der Waals surface area contributed by atoms with Crippen molar-refractivity contribution in [2.45, 2.75) is 10.6 Å². The van der Waals surface area contributed by atoms with Crippen molar-refractivity contribution in [3.05, 3.63) is 72.3 Å². The van der Waals surface area contributed by atoms with Crippen LogP contribution in [0.1, 0.15) is 5.56 Å². The van der Waals surface area contributed by atoms with Gasteiger partial charge < -0.3 is 5.32 Å². The molecular formula is C21H20N2O3S2. The van der Waals surface area contributed by atoms with E-state index in [0.717, 1.165) is 16.9 Å². The van der Waals surface area contributed by atoms with E-state index in [9.17, 15) is 13.2 Å². The topological polar surface area (TPSA) is 66.5 Å². The lowest BCUT2D eigenvalue weighted by Gasteiger charge is -2.18. The Morgan fingerprint density at radius 2 is 1.71 bits per heavy atom. The lowest BCUT2D eigenvalue weighted by Crippen LogP contribution is -2.39. The van der Waals surface area contributed by atoms with Crippen LogP contribution < -0.4 is 9.62 Å². The summed E-state index contributed by atoms with van der Waals surface area (Å²) in [6.45, 7) is 0.293. The maximum absolute atomic E-state index is 12.9. The minimum Gasteiger partial charge on any atom is -0.354 e. The van der Waals surface area contributed by atoms with E-state index < -0.39 is 10.0 Å². The van der Waals surface area contributed by atoms with Gasteiger partial charge in [-0.15, -0.1) is 0 Å². The van der Waals surface area contributed by atoms with Crippen molar-refractivity contribution in [1.82, 2.24) is 5.32 Å². The predicted molar refractivity (Wildman–Crippen MR) is 114 cm³/mol. The summed E-state index contributed by atoms with van der Waals surface area (Å²) >= 11 is 1.73. The normalized spacial score (nSPS) is 14.4. The van der Waals surface area contributed by atoms with Crippen LogP contribution in [0.2, 0.25) is 0 Å². The number of anilines is 1. The van der Waals surface area contributed by atoms with Gasteiger partial charge >= 0.3 is 0 Å². The Bertz CT molecular complexity index is 1110. The summed E-state index contributed by atoms with van der Waals surface area (Å²) in [5, 5.41) is 4.38. The largest absolute Gasteiger partial charge is 0.354 e. The van der Waals surface area contributed by atoms with Crippen LogP contribution in [-0.2, 0) is 20.6 Å². The quantitative estimate of drug-likeness (QED) is 0.604. The van der Waals surface area contributed by atoms with E-state index in [1.54, 1.807) is 30.0 Å². The van der Waals surface area contributed by atoms with Crippen LogP contribution in [0.25, 0.3) is 10.8 Å². The summed E-state index contributed by atoms with van der Waals surface area (Å²) < 4.78 is 27.0. The van der Waals surface area contributed by atoms with Crippen LogP contribution in [0.5, 0.6) is 0 Å². The van der Waals surface area contributed by atoms with Crippen LogP contribution >= 0.6 is 11.8 Å². The van der Waals surface area contributed by atoms with Crippen LogP contribution in [-0.4, -0.2) is 33.2 Å². The zero-order valence-electron chi connectivity index (χ0n) is 15.2. The van der Waals surface area contributed by atoms with Crippen molar-refractivity contribution in [2.24, 2.45) is 0 Å². The third-order valence-electron chi connectivity index (χ3n) is 4.65. The predicted octanol–water partition coefficient (Wildman–Crippen LogP) is 3.40. The van der Waals surface area contributed by atoms with Gasteiger partial charge in [-0.2, -0.15) is 11.8 Å². The number of nitrogens with one attached hydrogen (secondary N) is 1. The molecule has 4 rings (SSSR count). The smallest absolute Gasteiger partial charge is 0.265 e.